The quantitative estimate of drug-likeness (QED) is 0.360. The van der Waals surface area contributed by atoms with Crippen molar-refractivity contribution in [2.24, 2.45) is 5.16 Å². The Morgan fingerprint density at radius 3 is 1.58 bits per heavy atom. The highest BCUT2D eigenvalue weighted by Crippen LogP contribution is 2.41. The monoisotopic (exact) mass is 404 g/mol. The molecule has 0 saturated heterocycles. The highest BCUT2D eigenvalue weighted by Gasteiger charge is 2.40. The van der Waals surface area contributed by atoms with Crippen molar-refractivity contribution in [3.63, 3.8) is 0 Å². The molecule has 5 rings (SSSR count). The lowest BCUT2D eigenvalue weighted by Crippen LogP contribution is -2.32. The van der Waals surface area contributed by atoms with Gasteiger partial charge in [-0.05, 0) is 6.07 Å². The Hall–Kier alpha value is -4.18. The van der Waals surface area contributed by atoms with Crippen LogP contribution in [0, 0.1) is 0 Å². The summed E-state index contributed by atoms with van der Waals surface area (Å²) < 4.78 is 0. The summed E-state index contributed by atoms with van der Waals surface area (Å²) in [6.07, 6.45) is 0. The molecule has 1 aliphatic heterocycles. The summed E-state index contributed by atoms with van der Waals surface area (Å²) >= 11 is 0. The lowest BCUT2D eigenvalue weighted by Gasteiger charge is -2.33. The van der Waals surface area contributed by atoms with Crippen LogP contribution in [0.25, 0.3) is 0 Å². The Morgan fingerprint density at radius 2 is 1.06 bits per heavy atom. The summed E-state index contributed by atoms with van der Waals surface area (Å²) in [6.45, 7) is 0. The first kappa shape index (κ1) is 18.8. The number of fused-ring (bicyclic) bond motifs is 1. The largest absolute Gasteiger partial charge is 0.374 e. The third-order valence-electron chi connectivity index (χ3n) is 5.46. The van der Waals surface area contributed by atoms with E-state index < -0.39 is 5.60 Å². The lowest BCUT2D eigenvalue weighted by molar-refractivity contribution is -0.110. The molecule has 0 bridgehead atoms. The van der Waals surface area contributed by atoms with Crippen LogP contribution in [0.4, 0.5) is 5.69 Å². The first-order valence-electron chi connectivity index (χ1n) is 10.1. The van der Waals surface area contributed by atoms with Crippen molar-refractivity contribution in [3.05, 3.63) is 138 Å². The van der Waals surface area contributed by atoms with Crippen LogP contribution in [-0.2, 0) is 15.2 Å². The Labute approximate surface area is 180 Å². The maximum atomic E-state index is 12.6. The molecule has 1 amide bonds. The molecule has 31 heavy (non-hydrogen) atoms. The number of nitrogens with zero attached hydrogens (tertiary/aromatic N) is 1. The molecule has 4 aromatic carbocycles. The molecule has 150 valence electrons. The number of oxime groups is 1. The number of para-hydroxylation sites is 1. The van der Waals surface area contributed by atoms with E-state index in [0.29, 0.717) is 0 Å². The number of nitrogens with one attached hydrogen (secondary N) is 1. The van der Waals surface area contributed by atoms with Crippen LogP contribution in [0.2, 0.25) is 0 Å². The summed E-state index contributed by atoms with van der Waals surface area (Å²) in [7, 11) is 0. The van der Waals surface area contributed by atoms with Gasteiger partial charge in [0.1, 0.15) is 0 Å². The van der Waals surface area contributed by atoms with Gasteiger partial charge in [0, 0.05) is 22.3 Å². The van der Waals surface area contributed by atoms with Gasteiger partial charge in [0.25, 0.3) is 5.91 Å². The van der Waals surface area contributed by atoms with Gasteiger partial charge in [0.05, 0.1) is 5.69 Å². The zero-order chi connectivity index (χ0) is 21.1. The maximum absolute atomic E-state index is 12.6. The normalized spacial score (nSPS) is 14.2. The van der Waals surface area contributed by atoms with Gasteiger partial charge < -0.3 is 10.2 Å². The molecular formula is C27H20N2O2. The average molecular weight is 404 g/mol. The van der Waals surface area contributed by atoms with Crippen LogP contribution in [0.1, 0.15) is 22.3 Å². The van der Waals surface area contributed by atoms with E-state index in [2.05, 4.69) is 10.5 Å². The van der Waals surface area contributed by atoms with Crippen molar-refractivity contribution in [1.82, 2.24) is 0 Å². The molecule has 4 aromatic rings. The summed E-state index contributed by atoms with van der Waals surface area (Å²) in [4.78, 5) is 19.1. The first-order chi connectivity index (χ1) is 15.3. The third-order valence-corrected chi connectivity index (χ3v) is 5.46. The second kappa shape index (κ2) is 7.92. The maximum Gasteiger partial charge on any atom is 0.278 e. The van der Waals surface area contributed by atoms with Crippen molar-refractivity contribution < 1.29 is 9.63 Å². The van der Waals surface area contributed by atoms with E-state index in [1.165, 1.54) is 0 Å². The van der Waals surface area contributed by atoms with Crippen LogP contribution in [0.3, 0.4) is 0 Å². The Bertz CT molecular complexity index is 1140. The fraction of sp³-hybridized carbons (Fsp3) is 0.0370. The predicted molar refractivity (Wildman–Crippen MR) is 122 cm³/mol. The first-order valence-corrected chi connectivity index (χ1v) is 10.1. The predicted octanol–water partition coefficient (Wildman–Crippen LogP) is 5.35. The van der Waals surface area contributed by atoms with E-state index in [0.717, 1.165) is 27.9 Å². The average Bonchev–Trinajstić information content (AvgIpc) is 3.16. The van der Waals surface area contributed by atoms with Gasteiger partial charge >= 0.3 is 0 Å². The Morgan fingerprint density at radius 1 is 0.613 bits per heavy atom. The van der Waals surface area contributed by atoms with E-state index in [1.54, 1.807) is 0 Å². The summed E-state index contributed by atoms with van der Waals surface area (Å²) in [5.41, 5.74) is 3.47. The topological polar surface area (TPSA) is 50.7 Å². The van der Waals surface area contributed by atoms with Crippen LogP contribution < -0.4 is 5.32 Å². The van der Waals surface area contributed by atoms with Gasteiger partial charge in [-0.15, -0.1) is 0 Å². The van der Waals surface area contributed by atoms with E-state index in [9.17, 15) is 4.79 Å². The van der Waals surface area contributed by atoms with Gasteiger partial charge in [0.15, 0.2) is 5.71 Å². The summed E-state index contributed by atoms with van der Waals surface area (Å²) in [6, 6.07) is 37.3. The molecule has 4 nitrogen and oxygen atoms in total. The highest BCUT2D eigenvalue weighted by atomic mass is 16.7. The number of carbonyl (C=O) groups is 1. The van der Waals surface area contributed by atoms with Crippen LogP contribution in [0.15, 0.2) is 120 Å². The molecule has 0 aliphatic carbocycles. The van der Waals surface area contributed by atoms with Crippen LogP contribution in [0.5, 0.6) is 0 Å². The number of rotatable bonds is 5. The smallest absolute Gasteiger partial charge is 0.278 e. The molecule has 0 unspecified atom stereocenters. The van der Waals surface area contributed by atoms with Crippen molar-refractivity contribution in [2.45, 2.75) is 5.60 Å². The fourth-order valence-corrected chi connectivity index (χ4v) is 3.98. The zero-order valence-electron chi connectivity index (χ0n) is 16.7. The van der Waals surface area contributed by atoms with Crippen molar-refractivity contribution in [3.8, 4) is 0 Å². The number of carbonyl (C=O) groups excluding carboxylic acids is 1. The second-order valence-electron chi connectivity index (χ2n) is 7.31. The summed E-state index contributed by atoms with van der Waals surface area (Å²) in [5, 5.41) is 7.31. The van der Waals surface area contributed by atoms with Gasteiger partial charge in [-0.25, -0.2) is 0 Å². The van der Waals surface area contributed by atoms with Gasteiger partial charge in [0.2, 0.25) is 5.60 Å². The minimum absolute atomic E-state index is 0.266. The second-order valence-corrected chi connectivity index (χ2v) is 7.31. The molecule has 0 radical (unpaired) electrons. The molecule has 4 heteroatoms. The van der Waals surface area contributed by atoms with E-state index in [-0.39, 0.29) is 11.6 Å². The number of hydrogen-bond acceptors (Lipinski definition) is 3. The van der Waals surface area contributed by atoms with Crippen molar-refractivity contribution >= 4 is 17.3 Å². The van der Waals surface area contributed by atoms with Gasteiger partial charge in [-0.1, -0.05) is 114 Å². The molecule has 1 aliphatic rings. The highest BCUT2D eigenvalue weighted by molar-refractivity contribution is 6.53. The van der Waals surface area contributed by atoms with Crippen molar-refractivity contribution in [2.75, 3.05) is 5.32 Å². The molecular weight excluding hydrogens is 384 g/mol. The van der Waals surface area contributed by atoms with Gasteiger partial charge in [-0.2, -0.15) is 0 Å². The molecule has 0 spiro atoms. The fourth-order valence-electron chi connectivity index (χ4n) is 3.98. The molecule has 0 saturated carbocycles. The third kappa shape index (κ3) is 3.28. The number of hydrogen-bond donors (Lipinski definition) is 1. The SMILES string of the molecule is O=C1Nc2ccccc2/C1=N\OC(c1ccccc1)(c1ccccc1)c1ccccc1. The van der Waals surface area contributed by atoms with Crippen molar-refractivity contribution in [1.29, 1.82) is 0 Å². The Balaban J connectivity index is 1.72. The molecule has 1 heterocycles. The summed E-state index contributed by atoms with van der Waals surface area (Å²) in [5.74, 6) is -0.274. The minimum atomic E-state index is -1.02. The zero-order valence-corrected chi connectivity index (χ0v) is 16.7. The molecule has 0 fully saturated rings. The van der Waals surface area contributed by atoms with E-state index in [1.807, 2.05) is 115 Å². The van der Waals surface area contributed by atoms with Crippen LogP contribution >= 0.6 is 0 Å². The number of anilines is 1. The molecule has 0 aromatic heterocycles. The van der Waals surface area contributed by atoms with Crippen LogP contribution in [-0.4, -0.2) is 11.6 Å². The Kier molecular flexibility index (Phi) is 4.81. The van der Waals surface area contributed by atoms with E-state index >= 15 is 0 Å². The standard InChI is InChI=1S/C27H20N2O2/c30-26-25(23-18-10-11-19-24(23)28-26)29-31-27(20-12-4-1-5-13-20,21-14-6-2-7-15-21)22-16-8-3-9-17-22/h1-19H,(H,28,29,30). The number of amides is 1. The lowest BCUT2D eigenvalue weighted by atomic mass is 9.80. The minimum Gasteiger partial charge on any atom is -0.374 e. The van der Waals surface area contributed by atoms with E-state index in [4.69, 9.17) is 4.84 Å². The molecule has 0 atom stereocenters. The number of benzene rings is 4. The molecule has 1 N–H and O–H groups in total. The van der Waals surface area contributed by atoms with Gasteiger partial charge in [-0.3, -0.25) is 4.79 Å².